The molecule has 16 heavy (non-hydrogen) atoms. The highest BCUT2D eigenvalue weighted by Crippen LogP contribution is 2.15. The van der Waals surface area contributed by atoms with Crippen molar-refractivity contribution >= 4 is 0 Å². The molecule has 0 saturated carbocycles. The Balaban J connectivity index is 2.14. The summed E-state index contributed by atoms with van der Waals surface area (Å²) in [6.07, 6.45) is 5.48. The van der Waals surface area contributed by atoms with Gasteiger partial charge in [-0.25, -0.2) is 0 Å². The number of hydrogen-bond acceptors (Lipinski definition) is 2. The van der Waals surface area contributed by atoms with E-state index < -0.39 is 0 Å². The van der Waals surface area contributed by atoms with E-state index in [9.17, 15) is 0 Å². The van der Waals surface area contributed by atoms with Gasteiger partial charge in [0.25, 0.3) is 0 Å². The molecule has 1 saturated heterocycles. The van der Waals surface area contributed by atoms with Crippen LogP contribution in [0.3, 0.4) is 0 Å². The van der Waals surface area contributed by atoms with E-state index in [4.69, 9.17) is 0 Å². The van der Waals surface area contributed by atoms with Crippen molar-refractivity contribution in [1.82, 2.24) is 10.2 Å². The first-order chi connectivity index (χ1) is 7.65. The van der Waals surface area contributed by atoms with Crippen molar-refractivity contribution in [2.45, 2.75) is 65.5 Å². The first-order valence-electron chi connectivity index (χ1n) is 7.12. The van der Waals surface area contributed by atoms with Gasteiger partial charge in [0.15, 0.2) is 0 Å². The Bertz CT molecular complexity index is 182. The van der Waals surface area contributed by atoms with Crippen molar-refractivity contribution in [3.05, 3.63) is 0 Å². The maximum atomic E-state index is 3.66. The average molecular weight is 226 g/mol. The fourth-order valence-electron chi connectivity index (χ4n) is 2.48. The predicted molar refractivity (Wildman–Crippen MR) is 71.8 cm³/mol. The fraction of sp³-hybridized carbons (Fsp3) is 1.00. The Morgan fingerprint density at radius 1 is 1.31 bits per heavy atom. The van der Waals surface area contributed by atoms with Crippen LogP contribution in [0.25, 0.3) is 0 Å². The highest BCUT2D eigenvalue weighted by Gasteiger charge is 2.17. The second-order valence-corrected chi connectivity index (χ2v) is 5.51. The average Bonchev–Trinajstić information content (AvgIpc) is 2.30. The van der Waals surface area contributed by atoms with Crippen molar-refractivity contribution < 1.29 is 0 Å². The highest BCUT2D eigenvalue weighted by atomic mass is 15.2. The van der Waals surface area contributed by atoms with Gasteiger partial charge < -0.3 is 5.32 Å². The van der Waals surface area contributed by atoms with Crippen molar-refractivity contribution in [2.75, 3.05) is 19.6 Å². The maximum absolute atomic E-state index is 3.66. The summed E-state index contributed by atoms with van der Waals surface area (Å²) in [4.78, 5) is 2.64. The SMILES string of the molecule is CCC(C)C(C)NCCN1CCCCC1C. The molecule has 0 spiro atoms. The molecule has 2 nitrogen and oxygen atoms in total. The van der Waals surface area contributed by atoms with Crippen molar-refractivity contribution in [3.63, 3.8) is 0 Å². The minimum atomic E-state index is 0.657. The van der Waals surface area contributed by atoms with E-state index in [-0.39, 0.29) is 0 Å². The second kappa shape index (κ2) is 7.29. The van der Waals surface area contributed by atoms with Gasteiger partial charge in [-0.2, -0.15) is 0 Å². The Kier molecular flexibility index (Phi) is 6.37. The number of nitrogens with one attached hydrogen (secondary N) is 1. The van der Waals surface area contributed by atoms with Gasteiger partial charge in [-0.15, -0.1) is 0 Å². The van der Waals surface area contributed by atoms with Crippen LogP contribution in [-0.2, 0) is 0 Å². The third-order valence-corrected chi connectivity index (χ3v) is 4.30. The molecule has 96 valence electrons. The van der Waals surface area contributed by atoms with Gasteiger partial charge in [0.2, 0.25) is 0 Å². The van der Waals surface area contributed by atoms with Crippen LogP contribution in [-0.4, -0.2) is 36.6 Å². The van der Waals surface area contributed by atoms with Crippen molar-refractivity contribution in [1.29, 1.82) is 0 Å². The molecular formula is C14H30N2. The lowest BCUT2D eigenvalue weighted by Gasteiger charge is -2.34. The molecule has 0 radical (unpaired) electrons. The summed E-state index contributed by atoms with van der Waals surface area (Å²) in [5, 5.41) is 3.66. The van der Waals surface area contributed by atoms with Crippen molar-refractivity contribution in [2.24, 2.45) is 5.92 Å². The molecule has 2 heteroatoms. The van der Waals surface area contributed by atoms with Crippen LogP contribution in [0.2, 0.25) is 0 Å². The standard InChI is InChI=1S/C14H30N2/c1-5-12(2)14(4)15-9-11-16-10-7-6-8-13(16)3/h12-15H,5-11H2,1-4H3. The van der Waals surface area contributed by atoms with Gasteiger partial charge in [0, 0.05) is 25.2 Å². The molecule has 1 fully saturated rings. The smallest absolute Gasteiger partial charge is 0.0110 e. The summed E-state index contributed by atoms with van der Waals surface area (Å²) in [7, 11) is 0. The summed E-state index contributed by atoms with van der Waals surface area (Å²) in [6.45, 7) is 13.0. The lowest BCUT2D eigenvalue weighted by Crippen LogP contribution is -2.43. The van der Waals surface area contributed by atoms with Gasteiger partial charge in [0.1, 0.15) is 0 Å². The van der Waals surface area contributed by atoms with Crippen LogP contribution in [0.1, 0.15) is 53.4 Å². The molecule has 3 atom stereocenters. The van der Waals surface area contributed by atoms with E-state index in [2.05, 4.69) is 37.9 Å². The molecule has 1 aliphatic heterocycles. The molecule has 0 aliphatic carbocycles. The Morgan fingerprint density at radius 3 is 2.69 bits per heavy atom. The monoisotopic (exact) mass is 226 g/mol. The molecule has 0 aromatic carbocycles. The van der Waals surface area contributed by atoms with Gasteiger partial charge in [-0.05, 0) is 39.2 Å². The minimum absolute atomic E-state index is 0.657. The Hall–Kier alpha value is -0.0800. The van der Waals surface area contributed by atoms with Crippen LogP contribution >= 0.6 is 0 Å². The molecule has 0 bridgehead atoms. The van der Waals surface area contributed by atoms with E-state index in [1.807, 2.05) is 0 Å². The third-order valence-electron chi connectivity index (χ3n) is 4.30. The lowest BCUT2D eigenvalue weighted by molar-refractivity contribution is 0.159. The number of hydrogen-bond donors (Lipinski definition) is 1. The topological polar surface area (TPSA) is 15.3 Å². The zero-order chi connectivity index (χ0) is 12.0. The van der Waals surface area contributed by atoms with E-state index >= 15 is 0 Å². The van der Waals surface area contributed by atoms with E-state index in [0.717, 1.165) is 18.5 Å². The molecular weight excluding hydrogens is 196 g/mol. The third kappa shape index (κ3) is 4.42. The molecule has 1 aliphatic rings. The first kappa shape index (κ1) is 14.0. The van der Waals surface area contributed by atoms with Crippen LogP contribution < -0.4 is 5.32 Å². The Labute approximate surface area is 102 Å². The summed E-state index contributed by atoms with van der Waals surface area (Å²) < 4.78 is 0. The molecule has 1 rings (SSSR count). The quantitative estimate of drug-likeness (QED) is 0.749. The predicted octanol–water partition coefficient (Wildman–Crippen LogP) is 2.89. The maximum Gasteiger partial charge on any atom is 0.0110 e. The normalized spacial score (nSPS) is 26.6. The Morgan fingerprint density at radius 2 is 2.06 bits per heavy atom. The van der Waals surface area contributed by atoms with Crippen LogP contribution in [0.5, 0.6) is 0 Å². The highest BCUT2D eigenvalue weighted by molar-refractivity contribution is 4.75. The molecule has 0 aromatic heterocycles. The summed E-state index contributed by atoms with van der Waals surface area (Å²) >= 11 is 0. The van der Waals surface area contributed by atoms with Crippen LogP contribution in [0.4, 0.5) is 0 Å². The zero-order valence-electron chi connectivity index (χ0n) is 11.6. The zero-order valence-corrected chi connectivity index (χ0v) is 11.6. The summed E-state index contributed by atoms with van der Waals surface area (Å²) in [5.74, 6) is 0.791. The van der Waals surface area contributed by atoms with E-state index in [1.54, 1.807) is 0 Å². The summed E-state index contributed by atoms with van der Waals surface area (Å²) in [6, 6.07) is 1.46. The lowest BCUT2D eigenvalue weighted by atomic mass is 10.0. The number of nitrogens with zero attached hydrogens (tertiary/aromatic N) is 1. The van der Waals surface area contributed by atoms with E-state index in [1.165, 1.54) is 38.8 Å². The largest absolute Gasteiger partial charge is 0.313 e. The number of likely N-dealkylation sites (tertiary alicyclic amines) is 1. The first-order valence-corrected chi connectivity index (χ1v) is 7.12. The molecule has 0 amide bonds. The van der Waals surface area contributed by atoms with Gasteiger partial charge in [-0.3, -0.25) is 4.90 Å². The van der Waals surface area contributed by atoms with Gasteiger partial charge in [0.05, 0.1) is 0 Å². The molecule has 1 N–H and O–H groups in total. The van der Waals surface area contributed by atoms with E-state index in [0.29, 0.717) is 6.04 Å². The second-order valence-electron chi connectivity index (χ2n) is 5.51. The molecule has 0 aromatic rings. The van der Waals surface area contributed by atoms with Crippen LogP contribution in [0, 0.1) is 5.92 Å². The van der Waals surface area contributed by atoms with Crippen molar-refractivity contribution in [3.8, 4) is 0 Å². The number of rotatable bonds is 6. The number of piperidine rings is 1. The molecule has 1 heterocycles. The minimum Gasteiger partial charge on any atom is -0.313 e. The molecule has 3 unspecified atom stereocenters. The fourth-order valence-corrected chi connectivity index (χ4v) is 2.48. The van der Waals surface area contributed by atoms with Gasteiger partial charge in [-0.1, -0.05) is 26.7 Å². The summed E-state index contributed by atoms with van der Waals surface area (Å²) in [5.41, 5.74) is 0. The van der Waals surface area contributed by atoms with Gasteiger partial charge >= 0.3 is 0 Å². The van der Waals surface area contributed by atoms with Crippen LogP contribution in [0.15, 0.2) is 0 Å².